The highest BCUT2D eigenvalue weighted by Crippen LogP contribution is 2.26. The molecule has 0 spiro atoms. The molecule has 0 fully saturated rings. The van der Waals surface area contributed by atoms with E-state index in [9.17, 15) is 4.39 Å². The minimum absolute atomic E-state index is 0.250. The van der Waals surface area contributed by atoms with Gasteiger partial charge >= 0.3 is 0 Å². The Morgan fingerprint density at radius 3 is 2.60 bits per heavy atom. The highest BCUT2D eigenvalue weighted by Gasteiger charge is 2.12. The lowest BCUT2D eigenvalue weighted by Crippen LogP contribution is -2.23. The highest BCUT2D eigenvalue weighted by molar-refractivity contribution is 5.93. The molecule has 0 amide bonds. The smallest absolute Gasteiger partial charge is 0.148 e. The number of benzene rings is 2. The lowest BCUT2D eigenvalue weighted by Gasteiger charge is -2.22. The van der Waals surface area contributed by atoms with Gasteiger partial charge in [-0.3, -0.25) is 4.98 Å². The summed E-state index contributed by atoms with van der Waals surface area (Å²) in [5.74, 6) is 0.754. The van der Waals surface area contributed by atoms with Crippen molar-refractivity contribution in [3.05, 3.63) is 71.9 Å². The third kappa shape index (κ3) is 3.80. The SMILES string of the molecule is CCN(Cc1ccc(F)cc1)c1cnc2cc(-c3ncnc(N)c3C=N)ccc2n1. The molecule has 2 aromatic heterocycles. The molecule has 0 bridgehead atoms. The van der Waals surface area contributed by atoms with Gasteiger partial charge in [0.05, 0.1) is 28.5 Å². The number of halogens is 1. The summed E-state index contributed by atoms with van der Waals surface area (Å²) in [6, 6.07) is 12.1. The second kappa shape index (κ2) is 8.20. The van der Waals surface area contributed by atoms with Crippen LogP contribution >= 0.6 is 0 Å². The van der Waals surface area contributed by atoms with E-state index in [0.717, 1.165) is 35.2 Å². The maximum atomic E-state index is 13.2. The Bertz CT molecular complexity index is 1210. The monoisotopic (exact) mass is 401 g/mol. The van der Waals surface area contributed by atoms with Crippen LogP contribution in [0.2, 0.25) is 0 Å². The van der Waals surface area contributed by atoms with Gasteiger partial charge in [0.25, 0.3) is 0 Å². The van der Waals surface area contributed by atoms with E-state index in [1.807, 2.05) is 25.1 Å². The van der Waals surface area contributed by atoms with Gasteiger partial charge in [0.2, 0.25) is 0 Å². The van der Waals surface area contributed by atoms with Crippen molar-refractivity contribution in [2.24, 2.45) is 0 Å². The lowest BCUT2D eigenvalue weighted by atomic mass is 10.1. The Balaban J connectivity index is 1.67. The molecule has 30 heavy (non-hydrogen) atoms. The molecule has 2 heterocycles. The molecule has 4 aromatic rings. The molecule has 0 radical (unpaired) electrons. The van der Waals surface area contributed by atoms with E-state index in [0.29, 0.717) is 23.3 Å². The third-order valence-corrected chi connectivity index (χ3v) is 4.85. The largest absolute Gasteiger partial charge is 0.383 e. The van der Waals surface area contributed by atoms with Crippen LogP contribution in [0.3, 0.4) is 0 Å². The molecule has 150 valence electrons. The molecule has 4 rings (SSSR count). The van der Waals surface area contributed by atoms with Crippen molar-refractivity contribution in [2.45, 2.75) is 13.5 Å². The van der Waals surface area contributed by atoms with Crippen LogP contribution in [0.5, 0.6) is 0 Å². The Morgan fingerprint density at radius 1 is 1.07 bits per heavy atom. The molecule has 0 aliphatic rings. The van der Waals surface area contributed by atoms with Gasteiger partial charge in [-0.1, -0.05) is 18.2 Å². The van der Waals surface area contributed by atoms with Crippen LogP contribution in [-0.4, -0.2) is 32.7 Å². The molecule has 3 N–H and O–H groups in total. The standard InChI is InChI=1S/C22H20FN7/c1-2-30(12-14-3-6-16(23)7-4-14)20-11-26-19-9-15(5-8-18(19)29-20)21-17(10-24)22(25)28-13-27-21/h3-11,13,24H,2,12H2,1H3,(H2,25,27,28). The minimum atomic E-state index is -0.250. The van der Waals surface area contributed by atoms with Crippen molar-refractivity contribution in [3.63, 3.8) is 0 Å². The fourth-order valence-corrected chi connectivity index (χ4v) is 3.25. The Morgan fingerprint density at radius 2 is 1.87 bits per heavy atom. The van der Waals surface area contributed by atoms with E-state index < -0.39 is 0 Å². The number of fused-ring (bicyclic) bond motifs is 1. The number of aromatic nitrogens is 4. The number of nitrogens with zero attached hydrogens (tertiary/aromatic N) is 5. The lowest BCUT2D eigenvalue weighted by molar-refractivity contribution is 0.626. The summed E-state index contributed by atoms with van der Waals surface area (Å²) in [6.07, 6.45) is 4.26. The molecule has 8 heteroatoms. The van der Waals surface area contributed by atoms with Gasteiger partial charge in [0.1, 0.15) is 23.8 Å². The average Bonchev–Trinajstić information content (AvgIpc) is 2.78. The first kappa shape index (κ1) is 19.4. The molecule has 0 saturated heterocycles. The maximum absolute atomic E-state index is 13.2. The van der Waals surface area contributed by atoms with Crippen molar-refractivity contribution in [2.75, 3.05) is 17.2 Å². The van der Waals surface area contributed by atoms with Gasteiger partial charge in [-0.05, 0) is 36.8 Å². The Kier molecular flexibility index (Phi) is 5.30. The van der Waals surface area contributed by atoms with E-state index in [-0.39, 0.29) is 11.6 Å². The number of nitrogen functional groups attached to an aromatic ring is 1. The summed E-state index contributed by atoms with van der Waals surface area (Å²) < 4.78 is 13.2. The molecule has 2 aromatic carbocycles. The summed E-state index contributed by atoms with van der Waals surface area (Å²) in [7, 11) is 0. The Hall–Kier alpha value is -3.94. The van der Waals surface area contributed by atoms with Crippen molar-refractivity contribution in [1.82, 2.24) is 19.9 Å². The number of hydrogen-bond acceptors (Lipinski definition) is 7. The number of nitrogens with one attached hydrogen (secondary N) is 1. The molecular weight excluding hydrogens is 381 g/mol. The van der Waals surface area contributed by atoms with Crippen molar-refractivity contribution in [1.29, 1.82) is 5.41 Å². The fraction of sp³-hybridized carbons (Fsp3) is 0.136. The van der Waals surface area contributed by atoms with Gasteiger partial charge in [0, 0.05) is 24.9 Å². The van der Waals surface area contributed by atoms with Crippen molar-refractivity contribution >= 4 is 28.9 Å². The second-order valence-electron chi connectivity index (χ2n) is 6.74. The molecule has 0 unspecified atom stereocenters. The van der Waals surface area contributed by atoms with E-state index in [1.54, 1.807) is 18.3 Å². The Labute approximate surface area is 173 Å². The zero-order valence-corrected chi connectivity index (χ0v) is 16.4. The number of anilines is 2. The highest BCUT2D eigenvalue weighted by atomic mass is 19.1. The van der Waals surface area contributed by atoms with Crippen LogP contribution < -0.4 is 10.6 Å². The fourth-order valence-electron chi connectivity index (χ4n) is 3.25. The van der Waals surface area contributed by atoms with Crippen molar-refractivity contribution < 1.29 is 4.39 Å². The van der Waals surface area contributed by atoms with Crippen molar-refractivity contribution in [3.8, 4) is 11.3 Å². The van der Waals surface area contributed by atoms with E-state index in [4.69, 9.17) is 16.1 Å². The van der Waals surface area contributed by atoms with E-state index in [1.165, 1.54) is 18.5 Å². The topological polar surface area (TPSA) is 105 Å². The van der Waals surface area contributed by atoms with Crippen LogP contribution in [-0.2, 0) is 6.54 Å². The molecule has 7 nitrogen and oxygen atoms in total. The van der Waals surface area contributed by atoms with Crippen LogP contribution in [0.15, 0.2) is 55.0 Å². The van der Waals surface area contributed by atoms with Crippen LogP contribution in [0.4, 0.5) is 16.0 Å². The molecular formula is C22H20FN7. The summed E-state index contributed by atoms with van der Waals surface area (Å²) >= 11 is 0. The number of nitrogens with two attached hydrogens (primary N) is 1. The first-order chi connectivity index (χ1) is 14.6. The van der Waals surface area contributed by atoms with Gasteiger partial charge in [0.15, 0.2) is 0 Å². The normalized spacial score (nSPS) is 10.9. The molecule has 0 atom stereocenters. The third-order valence-electron chi connectivity index (χ3n) is 4.85. The maximum Gasteiger partial charge on any atom is 0.148 e. The molecule has 0 saturated carbocycles. The summed E-state index contributed by atoms with van der Waals surface area (Å²) in [6.45, 7) is 3.38. The van der Waals surface area contributed by atoms with Gasteiger partial charge in [-0.25, -0.2) is 19.3 Å². The number of rotatable bonds is 6. The second-order valence-corrected chi connectivity index (χ2v) is 6.74. The van der Waals surface area contributed by atoms with Crippen LogP contribution in [0, 0.1) is 11.2 Å². The zero-order chi connectivity index (χ0) is 21.1. The minimum Gasteiger partial charge on any atom is -0.383 e. The van der Waals surface area contributed by atoms with E-state index >= 15 is 0 Å². The van der Waals surface area contributed by atoms with Gasteiger partial charge in [-0.2, -0.15) is 0 Å². The zero-order valence-electron chi connectivity index (χ0n) is 16.4. The van der Waals surface area contributed by atoms with Gasteiger partial charge in [-0.15, -0.1) is 0 Å². The number of hydrogen-bond donors (Lipinski definition) is 2. The predicted octanol–water partition coefficient (Wildman–Crippen LogP) is 3.83. The first-order valence-corrected chi connectivity index (χ1v) is 9.46. The average molecular weight is 401 g/mol. The summed E-state index contributed by atoms with van der Waals surface area (Å²) in [4.78, 5) is 19.6. The van der Waals surface area contributed by atoms with E-state index in [2.05, 4.69) is 19.9 Å². The quantitative estimate of drug-likeness (QED) is 0.476. The van der Waals surface area contributed by atoms with Gasteiger partial charge < -0.3 is 16.0 Å². The summed E-state index contributed by atoms with van der Waals surface area (Å²) in [5, 5.41) is 7.60. The summed E-state index contributed by atoms with van der Waals surface area (Å²) in [5.41, 5.74) is 10.2. The molecule has 0 aliphatic carbocycles. The predicted molar refractivity (Wildman–Crippen MR) is 116 cm³/mol. The molecule has 0 aliphatic heterocycles. The van der Waals surface area contributed by atoms with Crippen LogP contribution in [0.1, 0.15) is 18.1 Å². The van der Waals surface area contributed by atoms with Crippen LogP contribution in [0.25, 0.3) is 22.3 Å². The first-order valence-electron chi connectivity index (χ1n) is 9.46.